The summed E-state index contributed by atoms with van der Waals surface area (Å²) in [5.74, 6) is 0.856. The molecule has 3 rings (SSSR count). The molecule has 3 heteroatoms. The highest BCUT2D eigenvalue weighted by atomic mass is 32.1. The van der Waals surface area contributed by atoms with Crippen molar-refractivity contribution in [2.24, 2.45) is 0 Å². The average Bonchev–Trinajstić information content (AvgIpc) is 2.63. The molecule has 0 fully saturated rings. The van der Waals surface area contributed by atoms with Gasteiger partial charge in [-0.15, -0.1) is 11.3 Å². The van der Waals surface area contributed by atoms with Crippen LogP contribution in [0.5, 0.6) is 0 Å². The maximum atomic E-state index is 11.7. The van der Waals surface area contributed by atoms with Crippen molar-refractivity contribution < 1.29 is 4.79 Å². The summed E-state index contributed by atoms with van der Waals surface area (Å²) in [6, 6.07) is 0. The molecule has 1 unspecified atom stereocenters. The highest BCUT2D eigenvalue weighted by Crippen LogP contribution is 2.41. The first kappa shape index (κ1) is 8.62. The minimum absolute atomic E-state index is 0.364. The van der Waals surface area contributed by atoms with Gasteiger partial charge in [-0.05, 0) is 19.0 Å². The minimum atomic E-state index is 0.364. The van der Waals surface area contributed by atoms with Gasteiger partial charge >= 0.3 is 0 Å². The van der Waals surface area contributed by atoms with Crippen LogP contribution in [0.2, 0.25) is 0 Å². The third kappa shape index (κ3) is 1.09. The Hall–Kier alpha value is -0.670. The van der Waals surface area contributed by atoms with E-state index in [-0.39, 0.29) is 0 Å². The second kappa shape index (κ2) is 2.91. The molecule has 14 heavy (non-hydrogen) atoms. The normalized spacial score (nSPS) is 26.4. The molecule has 0 radical (unpaired) electrons. The van der Waals surface area contributed by atoms with E-state index in [1.807, 2.05) is 0 Å². The highest BCUT2D eigenvalue weighted by Gasteiger charge is 2.35. The fourth-order valence-corrected chi connectivity index (χ4v) is 3.75. The van der Waals surface area contributed by atoms with Crippen molar-refractivity contribution in [2.75, 3.05) is 20.1 Å². The summed E-state index contributed by atoms with van der Waals surface area (Å²) in [4.78, 5) is 15.5. The van der Waals surface area contributed by atoms with Crippen molar-refractivity contribution in [1.29, 1.82) is 0 Å². The lowest BCUT2D eigenvalue weighted by Crippen LogP contribution is -2.23. The van der Waals surface area contributed by atoms with Crippen LogP contribution >= 0.6 is 11.3 Å². The molecule has 2 heterocycles. The Morgan fingerprint density at radius 3 is 3.29 bits per heavy atom. The third-order valence-electron chi connectivity index (χ3n) is 3.30. The second-order valence-corrected chi connectivity index (χ2v) is 5.29. The number of likely N-dealkylation sites (N-methyl/N-ethyl adjacent to an activating group) is 1. The van der Waals surface area contributed by atoms with E-state index in [0.29, 0.717) is 11.7 Å². The summed E-state index contributed by atoms with van der Waals surface area (Å²) in [7, 11) is 2.15. The Labute approximate surface area is 87.5 Å². The molecule has 0 N–H and O–H groups in total. The molecule has 0 saturated heterocycles. The van der Waals surface area contributed by atoms with Gasteiger partial charge in [-0.2, -0.15) is 0 Å². The SMILES string of the molecule is CN1CCc2scc3c2C(CC3=O)C1. The van der Waals surface area contributed by atoms with E-state index >= 15 is 0 Å². The van der Waals surface area contributed by atoms with E-state index in [1.165, 1.54) is 10.4 Å². The largest absolute Gasteiger partial charge is 0.305 e. The standard InChI is InChI=1S/C11H13NOS/c1-12-3-2-10-11-7(5-12)4-9(13)8(11)6-14-10/h6-7H,2-5H2,1H3. The summed E-state index contributed by atoms with van der Waals surface area (Å²) in [5, 5.41) is 2.07. The van der Waals surface area contributed by atoms with Gasteiger partial charge in [0.2, 0.25) is 0 Å². The monoisotopic (exact) mass is 207 g/mol. The topological polar surface area (TPSA) is 20.3 Å². The fourth-order valence-electron chi connectivity index (χ4n) is 2.62. The molecule has 2 nitrogen and oxygen atoms in total. The molecule has 2 aliphatic rings. The zero-order valence-electron chi connectivity index (χ0n) is 8.25. The molecule has 0 amide bonds. The van der Waals surface area contributed by atoms with Crippen LogP contribution in [0.25, 0.3) is 0 Å². The van der Waals surface area contributed by atoms with Crippen LogP contribution in [0.4, 0.5) is 0 Å². The van der Waals surface area contributed by atoms with Gasteiger partial charge < -0.3 is 4.90 Å². The smallest absolute Gasteiger partial charge is 0.164 e. The van der Waals surface area contributed by atoms with Crippen LogP contribution in [0, 0.1) is 0 Å². The second-order valence-electron chi connectivity index (χ2n) is 4.32. The number of thiophene rings is 1. The molecule has 0 bridgehead atoms. The summed E-state index contributed by atoms with van der Waals surface area (Å²) >= 11 is 1.78. The molecule has 1 aromatic heterocycles. The predicted molar refractivity (Wildman–Crippen MR) is 57.2 cm³/mol. The molecule has 0 aromatic carbocycles. The van der Waals surface area contributed by atoms with E-state index < -0.39 is 0 Å². The van der Waals surface area contributed by atoms with Gasteiger partial charge in [-0.1, -0.05) is 0 Å². The van der Waals surface area contributed by atoms with Crippen molar-refractivity contribution in [3.63, 3.8) is 0 Å². The number of Topliss-reactive ketones (excluding diaryl/α,β-unsaturated/α-hetero) is 1. The van der Waals surface area contributed by atoms with E-state index in [2.05, 4.69) is 17.3 Å². The molecular weight excluding hydrogens is 194 g/mol. The Balaban J connectivity index is 2.11. The molecule has 1 aliphatic heterocycles. The molecular formula is C11H13NOS. The van der Waals surface area contributed by atoms with Crippen LogP contribution in [-0.4, -0.2) is 30.8 Å². The number of carbonyl (C=O) groups excluding carboxylic acids is 1. The van der Waals surface area contributed by atoms with Gasteiger partial charge in [0.1, 0.15) is 0 Å². The van der Waals surface area contributed by atoms with Gasteiger partial charge in [-0.3, -0.25) is 4.79 Å². The quantitative estimate of drug-likeness (QED) is 0.647. The van der Waals surface area contributed by atoms with Crippen LogP contribution < -0.4 is 0 Å². The molecule has 0 spiro atoms. The van der Waals surface area contributed by atoms with Gasteiger partial charge in [-0.25, -0.2) is 0 Å². The zero-order chi connectivity index (χ0) is 9.71. The highest BCUT2D eigenvalue weighted by molar-refractivity contribution is 7.10. The van der Waals surface area contributed by atoms with Crippen molar-refractivity contribution in [1.82, 2.24) is 4.90 Å². The first-order valence-electron chi connectivity index (χ1n) is 5.07. The lowest BCUT2D eigenvalue weighted by atomic mass is 10.0. The maximum Gasteiger partial charge on any atom is 0.164 e. The molecule has 1 aliphatic carbocycles. The minimum Gasteiger partial charge on any atom is -0.305 e. The van der Waals surface area contributed by atoms with Crippen LogP contribution in [0.3, 0.4) is 0 Å². The Morgan fingerprint density at radius 1 is 1.57 bits per heavy atom. The van der Waals surface area contributed by atoms with Crippen molar-refractivity contribution >= 4 is 17.1 Å². The average molecular weight is 207 g/mol. The van der Waals surface area contributed by atoms with Gasteiger partial charge in [0.25, 0.3) is 0 Å². The van der Waals surface area contributed by atoms with Crippen molar-refractivity contribution in [3.05, 3.63) is 21.4 Å². The number of ketones is 1. The summed E-state index contributed by atoms with van der Waals surface area (Å²) < 4.78 is 0. The molecule has 74 valence electrons. The first-order chi connectivity index (χ1) is 6.75. The summed E-state index contributed by atoms with van der Waals surface area (Å²) in [6.07, 6.45) is 1.87. The van der Waals surface area contributed by atoms with Crippen LogP contribution in [0.15, 0.2) is 5.38 Å². The number of carbonyl (C=O) groups is 1. The number of hydrogen-bond acceptors (Lipinski definition) is 3. The summed E-state index contributed by atoms with van der Waals surface area (Å²) in [6.45, 7) is 2.19. The number of hydrogen-bond donors (Lipinski definition) is 0. The fraction of sp³-hybridized carbons (Fsp3) is 0.545. The maximum absolute atomic E-state index is 11.7. The van der Waals surface area contributed by atoms with E-state index in [1.54, 1.807) is 11.3 Å². The summed E-state index contributed by atoms with van der Waals surface area (Å²) in [5.41, 5.74) is 2.43. The van der Waals surface area contributed by atoms with Crippen LogP contribution in [0.1, 0.15) is 33.1 Å². The van der Waals surface area contributed by atoms with Gasteiger partial charge in [0.05, 0.1) is 0 Å². The molecule has 1 aromatic rings. The Kier molecular flexibility index (Phi) is 1.79. The zero-order valence-corrected chi connectivity index (χ0v) is 9.06. The van der Waals surface area contributed by atoms with E-state index in [9.17, 15) is 4.79 Å². The molecule has 0 saturated carbocycles. The van der Waals surface area contributed by atoms with Gasteiger partial charge in [0.15, 0.2) is 5.78 Å². The predicted octanol–water partition coefficient (Wildman–Crippen LogP) is 1.91. The molecule has 1 atom stereocenters. The Bertz CT molecular complexity index is 396. The van der Waals surface area contributed by atoms with Crippen LogP contribution in [-0.2, 0) is 6.42 Å². The van der Waals surface area contributed by atoms with Crippen molar-refractivity contribution in [3.8, 4) is 0 Å². The Morgan fingerprint density at radius 2 is 2.43 bits per heavy atom. The van der Waals surface area contributed by atoms with Gasteiger partial charge in [0, 0.05) is 41.2 Å². The number of rotatable bonds is 0. The van der Waals surface area contributed by atoms with E-state index in [4.69, 9.17) is 0 Å². The van der Waals surface area contributed by atoms with E-state index in [0.717, 1.165) is 31.5 Å². The lowest BCUT2D eigenvalue weighted by Gasteiger charge is -2.16. The lowest BCUT2D eigenvalue weighted by molar-refractivity contribution is 0.0985. The van der Waals surface area contributed by atoms with Crippen molar-refractivity contribution in [2.45, 2.75) is 18.8 Å². The first-order valence-corrected chi connectivity index (χ1v) is 5.95. The number of nitrogens with zero attached hydrogens (tertiary/aromatic N) is 1. The third-order valence-corrected chi connectivity index (χ3v) is 4.36.